The summed E-state index contributed by atoms with van der Waals surface area (Å²) in [4.78, 5) is 0. The van der Waals surface area contributed by atoms with Crippen molar-refractivity contribution in [1.82, 2.24) is 0 Å². The molecule has 0 N–H and O–H groups in total. The van der Waals surface area contributed by atoms with Crippen LogP contribution < -0.4 is 0 Å². The lowest BCUT2D eigenvalue weighted by atomic mass is 10.0. The van der Waals surface area contributed by atoms with Crippen LogP contribution in [0.3, 0.4) is 0 Å². The summed E-state index contributed by atoms with van der Waals surface area (Å²) in [5.74, 6) is 0. The van der Waals surface area contributed by atoms with Gasteiger partial charge in [0.15, 0.2) is 0 Å². The van der Waals surface area contributed by atoms with Gasteiger partial charge in [0.2, 0.25) is 5.41 Å². The van der Waals surface area contributed by atoms with E-state index in [1.54, 1.807) is 5.41 Å². The Labute approximate surface area is 168 Å². The summed E-state index contributed by atoms with van der Waals surface area (Å²) in [7, 11) is 0. The SMILES string of the molecule is CC=CCCCCCCCCCCCCCCCCCCCC=C[S+]=O. The summed E-state index contributed by atoms with van der Waals surface area (Å²) in [6.45, 7) is 2.11. The maximum atomic E-state index is 10.2. The molecule has 0 fully saturated rings. The first kappa shape index (κ1) is 25.5. The molecular weight excluding hydrogens is 336 g/mol. The molecule has 0 rings (SSSR count). The van der Waals surface area contributed by atoms with E-state index in [1.165, 1.54) is 116 Å². The molecule has 0 aliphatic rings. The van der Waals surface area contributed by atoms with E-state index >= 15 is 0 Å². The van der Waals surface area contributed by atoms with E-state index in [0.717, 1.165) is 6.42 Å². The highest BCUT2D eigenvalue weighted by molar-refractivity contribution is 7.68. The zero-order valence-corrected chi connectivity index (χ0v) is 18.4. The Morgan fingerprint density at radius 2 is 0.808 bits per heavy atom. The summed E-state index contributed by atoms with van der Waals surface area (Å²) in [6.07, 6.45) is 32.8. The average molecular weight is 382 g/mol. The lowest BCUT2D eigenvalue weighted by Gasteiger charge is -2.03. The summed E-state index contributed by atoms with van der Waals surface area (Å²) >= 11 is 0.560. The summed E-state index contributed by atoms with van der Waals surface area (Å²) < 4.78 is 10.2. The highest BCUT2D eigenvalue weighted by Gasteiger charge is 1.95. The molecule has 0 spiro atoms. The fourth-order valence-corrected chi connectivity index (χ4v) is 3.66. The van der Waals surface area contributed by atoms with Gasteiger partial charge in [-0.2, -0.15) is 0 Å². The zero-order valence-electron chi connectivity index (χ0n) is 17.6. The van der Waals surface area contributed by atoms with Gasteiger partial charge in [-0.05, 0) is 38.7 Å². The second kappa shape index (κ2) is 24.5. The molecular formula is C24H45OS+. The quantitative estimate of drug-likeness (QED) is 0.110. The molecule has 0 radical (unpaired) electrons. The first-order valence-electron chi connectivity index (χ1n) is 11.5. The van der Waals surface area contributed by atoms with Crippen molar-refractivity contribution in [2.75, 3.05) is 0 Å². The molecule has 0 atom stereocenters. The van der Waals surface area contributed by atoms with Crippen molar-refractivity contribution >= 4 is 11.7 Å². The molecule has 0 bridgehead atoms. The Balaban J connectivity index is 3.00. The standard InChI is InChI=1S/C24H45OS/c1-2-3-4-5-6-7-8-9-10-11-12-13-14-15-16-17-18-19-20-21-22-23-24-26-25/h2-3,23-24H,4-22H2,1H3/q+1. The summed E-state index contributed by atoms with van der Waals surface area (Å²) in [6, 6.07) is 0. The molecule has 0 unspecified atom stereocenters. The monoisotopic (exact) mass is 381 g/mol. The topological polar surface area (TPSA) is 17.1 Å². The molecule has 0 aromatic carbocycles. The third kappa shape index (κ3) is 23.5. The van der Waals surface area contributed by atoms with Gasteiger partial charge < -0.3 is 0 Å². The molecule has 0 saturated carbocycles. The van der Waals surface area contributed by atoms with Crippen LogP contribution in [0.25, 0.3) is 0 Å². The van der Waals surface area contributed by atoms with E-state index in [-0.39, 0.29) is 0 Å². The Kier molecular flexibility index (Phi) is 24.0. The van der Waals surface area contributed by atoms with Gasteiger partial charge in [0.1, 0.15) is 0 Å². The minimum Gasteiger partial charge on any atom is -0.0917 e. The lowest BCUT2D eigenvalue weighted by Crippen LogP contribution is -1.84. The molecule has 152 valence electrons. The van der Waals surface area contributed by atoms with Gasteiger partial charge in [-0.15, -0.1) is 0 Å². The molecule has 0 amide bonds. The predicted molar refractivity (Wildman–Crippen MR) is 120 cm³/mol. The van der Waals surface area contributed by atoms with Crippen LogP contribution in [0.4, 0.5) is 0 Å². The van der Waals surface area contributed by atoms with Crippen LogP contribution in [0.2, 0.25) is 0 Å². The molecule has 0 saturated heterocycles. The van der Waals surface area contributed by atoms with Crippen molar-refractivity contribution in [3.8, 4) is 0 Å². The van der Waals surface area contributed by atoms with E-state index in [1.807, 2.05) is 6.08 Å². The Hall–Kier alpha value is -0.500. The van der Waals surface area contributed by atoms with Gasteiger partial charge in [-0.25, -0.2) is 0 Å². The van der Waals surface area contributed by atoms with Gasteiger partial charge in [0, 0.05) is 4.21 Å². The zero-order chi connectivity index (χ0) is 19.0. The van der Waals surface area contributed by atoms with Crippen molar-refractivity contribution in [3.05, 3.63) is 23.6 Å². The van der Waals surface area contributed by atoms with Gasteiger partial charge in [0.05, 0.1) is 0 Å². The molecule has 2 heteroatoms. The molecule has 1 nitrogen and oxygen atoms in total. The van der Waals surface area contributed by atoms with Gasteiger partial charge in [-0.3, -0.25) is 0 Å². The van der Waals surface area contributed by atoms with Crippen LogP contribution in [0, 0.1) is 0 Å². The Morgan fingerprint density at radius 3 is 1.12 bits per heavy atom. The first-order valence-corrected chi connectivity index (χ1v) is 12.3. The largest absolute Gasteiger partial charge is 0.496 e. The predicted octanol–water partition coefficient (Wildman–Crippen LogP) is 8.92. The Morgan fingerprint density at radius 1 is 0.500 bits per heavy atom. The van der Waals surface area contributed by atoms with Crippen LogP contribution >= 0.6 is 0 Å². The maximum Gasteiger partial charge on any atom is 0.496 e. The molecule has 0 heterocycles. The number of hydrogen-bond acceptors (Lipinski definition) is 1. The molecule has 0 aliphatic heterocycles. The number of unbranched alkanes of at least 4 members (excludes halogenated alkanes) is 18. The van der Waals surface area contributed by atoms with Gasteiger partial charge >= 0.3 is 11.7 Å². The lowest BCUT2D eigenvalue weighted by molar-refractivity contribution is 0.526. The summed E-state index contributed by atoms with van der Waals surface area (Å²) in [5.41, 5.74) is 0. The average Bonchev–Trinajstić information content (AvgIpc) is 2.66. The van der Waals surface area contributed by atoms with Crippen molar-refractivity contribution in [2.24, 2.45) is 0 Å². The van der Waals surface area contributed by atoms with Crippen LogP contribution in [0.1, 0.15) is 129 Å². The van der Waals surface area contributed by atoms with E-state index in [4.69, 9.17) is 0 Å². The first-order chi connectivity index (χ1) is 12.9. The van der Waals surface area contributed by atoms with Crippen LogP contribution in [-0.4, -0.2) is 0 Å². The minimum absolute atomic E-state index is 0.560. The second-order valence-corrected chi connectivity index (χ2v) is 8.09. The van der Waals surface area contributed by atoms with Crippen molar-refractivity contribution < 1.29 is 4.21 Å². The Bertz CT molecular complexity index is 322. The normalized spacial score (nSPS) is 11.7. The van der Waals surface area contributed by atoms with Crippen molar-refractivity contribution in [1.29, 1.82) is 0 Å². The molecule has 0 aromatic heterocycles. The second-order valence-electron chi connectivity index (χ2n) is 7.62. The fourth-order valence-electron chi connectivity index (χ4n) is 3.45. The minimum atomic E-state index is 0.560. The van der Waals surface area contributed by atoms with Gasteiger partial charge in [-0.1, -0.05) is 108 Å². The van der Waals surface area contributed by atoms with Crippen molar-refractivity contribution in [3.63, 3.8) is 0 Å². The number of hydrogen-bond donors (Lipinski definition) is 0. The molecule has 0 aliphatic carbocycles. The van der Waals surface area contributed by atoms with E-state index in [0.29, 0.717) is 11.7 Å². The number of allylic oxidation sites excluding steroid dienone is 3. The van der Waals surface area contributed by atoms with E-state index in [2.05, 4.69) is 19.1 Å². The maximum absolute atomic E-state index is 10.2. The van der Waals surface area contributed by atoms with Gasteiger partial charge in [0.25, 0.3) is 0 Å². The third-order valence-corrected chi connectivity index (χ3v) is 5.43. The third-order valence-electron chi connectivity index (χ3n) is 5.13. The number of rotatable bonds is 21. The van der Waals surface area contributed by atoms with Crippen LogP contribution in [-0.2, 0) is 15.9 Å². The van der Waals surface area contributed by atoms with Crippen molar-refractivity contribution in [2.45, 2.75) is 129 Å². The van der Waals surface area contributed by atoms with E-state index in [9.17, 15) is 4.21 Å². The highest BCUT2D eigenvalue weighted by Crippen LogP contribution is 2.14. The fraction of sp³-hybridized carbons (Fsp3) is 0.833. The molecule has 0 aromatic rings. The van der Waals surface area contributed by atoms with Crippen LogP contribution in [0.5, 0.6) is 0 Å². The van der Waals surface area contributed by atoms with Crippen LogP contribution in [0.15, 0.2) is 23.6 Å². The summed E-state index contributed by atoms with van der Waals surface area (Å²) in [5, 5.41) is 1.66. The smallest absolute Gasteiger partial charge is 0.0917 e. The van der Waals surface area contributed by atoms with E-state index < -0.39 is 0 Å². The highest BCUT2D eigenvalue weighted by atomic mass is 32.1. The molecule has 26 heavy (non-hydrogen) atoms.